The van der Waals surface area contributed by atoms with Crippen LogP contribution in [0.1, 0.15) is 18.9 Å². The van der Waals surface area contributed by atoms with Crippen LogP contribution in [-0.4, -0.2) is 51.4 Å². The van der Waals surface area contributed by atoms with E-state index in [1.165, 1.54) is 6.92 Å². The minimum atomic E-state index is -3.50. The van der Waals surface area contributed by atoms with Gasteiger partial charge in [0.1, 0.15) is 0 Å². The van der Waals surface area contributed by atoms with Crippen LogP contribution in [0.5, 0.6) is 0 Å². The fraction of sp³-hybridized carbons (Fsp3) is 0.588. The van der Waals surface area contributed by atoms with Gasteiger partial charge < -0.3 is 10.2 Å². The largest absolute Gasteiger partial charge is 0.316 e. The molecule has 0 spiro atoms. The van der Waals surface area contributed by atoms with Gasteiger partial charge in [0.25, 0.3) is 0 Å². The summed E-state index contributed by atoms with van der Waals surface area (Å²) in [4.78, 5) is 13.7. The van der Waals surface area contributed by atoms with Gasteiger partial charge in [-0.3, -0.25) is 4.79 Å². The Bertz CT molecular complexity index is 777. The number of sulfonamides is 1. The molecule has 2 unspecified atom stereocenters. The average molecular weight is 349 g/mol. The summed E-state index contributed by atoms with van der Waals surface area (Å²) in [6.07, 6.45) is 1.70. The normalized spacial score (nSPS) is 27.1. The standard InChI is InChI=1S/C17H23N3O3S/c1-12(21)20-7-5-13-2-3-16(8-17(13)20)24(22,23)19-6-4-14-9-18-10-15(14)11-19/h2-3,8,14-15,18H,4-7,9-11H2,1H3. The molecule has 3 aliphatic heterocycles. The predicted octanol–water partition coefficient (Wildman–Crippen LogP) is 0.826. The van der Waals surface area contributed by atoms with Crippen LogP contribution in [0.4, 0.5) is 5.69 Å². The molecule has 3 aliphatic rings. The van der Waals surface area contributed by atoms with Crippen LogP contribution in [0.2, 0.25) is 0 Å². The molecule has 7 heteroatoms. The minimum Gasteiger partial charge on any atom is -0.316 e. The molecule has 2 saturated heterocycles. The number of piperidine rings is 1. The highest BCUT2D eigenvalue weighted by Crippen LogP contribution is 2.34. The first-order valence-corrected chi connectivity index (χ1v) is 10.0. The summed E-state index contributed by atoms with van der Waals surface area (Å²) in [5.74, 6) is 0.975. The van der Waals surface area contributed by atoms with Crippen LogP contribution in [0.3, 0.4) is 0 Å². The highest BCUT2D eigenvalue weighted by molar-refractivity contribution is 7.89. The lowest BCUT2D eigenvalue weighted by atomic mass is 9.90. The Labute approximate surface area is 142 Å². The van der Waals surface area contributed by atoms with E-state index in [-0.39, 0.29) is 5.91 Å². The van der Waals surface area contributed by atoms with Crippen molar-refractivity contribution in [3.63, 3.8) is 0 Å². The van der Waals surface area contributed by atoms with Gasteiger partial charge >= 0.3 is 0 Å². The molecule has 24 heavy (non-hydrogen) atoms. The van der Waals surface area contributed by atoms with Crippen molar-refractivity contribution < 1.29 is 13.2 Å². The lowest BCUT2D eigenvalue weighted by molar-refractivity contribution is -0.116. The summed E-state index contributed by atoms with van der Waals surface area (Å²) in [5.41, 5.74) is 1.80. The maximum absolute atomic E-state index is 13.1. The fourth-order valence-corrected chi connectivity index (χ4v) is 5.75. The van der Waals surface area contributed by atoms with Crippen molar-refractivity contribution >= 4 is 21.6 Å². The van der Waals surface area contributed by atoms with Gasteiger partial charge in [0.15, 0.2) is 0 Å². The van der Waals surface area contributed by atoms with Gasteiger partial charge in [0, 0.05) is 32.2 Å². The van der Waals surface area contributed by atoms with Crippen molar-refractivity contribution in [1.82, 2.24) is 9.62 Å². The molecule has 6 nitrogen and oxygen atoms in total. The van der Waals surface area contributed by atoms with Crippen molar-refractivity contribution in [2.24, 2.45) is 11.8 Å². The number of hydrogen-bond donors (Lipinski definition) is 1. The molecule has 0 aromatic heterocycles. The quantitative estimate of drug-likeness (QED) is 0.858. The lowest BCUT2D eigenvalue weighted by Gasteiger charge is -2.33. The number of nitrogens with zero attached hydrogens (tertiary/aromatic N) is 2. The predicted molar refractivity (Wildman–Crippen MR) is 91.4 cm³/mol. The van der Waals surface area contributed by atoms with Crippen molar-refractivity contribution in [3.05, 3.63) is 23.8 Å². The molecule has 1 N–H and O–H groups in total. The Hall–Kier alpha value is -1.44. The van der Waals surface area contributed by atoms with Crippen LogP contribution in [-0.2, 0) is 21.2 Å². The van der Waals surface area contributed by atoms with Crippen molar-refractivity contribution in [2.45, 2.75) is 24.7 Å². The van der Waals surface area contributed by atoms with Crippen LogP contribution in [0, 0.1) is 11.8 Å². The maximum Gasteiger partial charge on any atom is 0.243 e. The highest BCUT2D eigenvalue weighted by atomic mass is 32.2. The van der Waals surface area contributed by atoms with Gasteiger partial charge in [-0.05, 0) is 55.5 Å². The van der Waals surface area contributed by atoms with E-state index in [0.29, 0.717) is 36.4 Å². The van der Waals surface area contributed by atoms with Crippen LogP contribution in [0.25, 0.3) is 0 Å². The zero-order valence-corrected chi connectivity index (χ0v) is 14.7. The molecule has 2 fully saturated rings. The van der Waals surface area contributed by atoms with E-state index < -0.39 is 10.0 Å². The molecule has 1 aromatic carbocycles. The number of anilines is 1. The smallest absolute Gasteiger partial charge is 0.243 e. The lowest BCUT2D eigenvalue weighted by Crippen LogP contribution is -2.43. The summed E-state index contributed by atoms with van der Waals surface area (Å²) in [6, 6.07) is 5.23. The third-order valence-corrected chi connectivity index (χ3v) is 7.50. The molecule has 1 aromatic rings. The summed E-state index contributed by atoms with van der Waals surface area (Å²) >= 11 is 0. The third kappa shape index (κ3) is 2.55. The van der Waals surface area contributed by atoms with Gasteiger partial charge in [-0.2, -0.15) is 4.31 Å². The SMILES string of the molecule is CC(=O)N1CCc2ccc(S(=O)(=O)N3CCC4CNCC4C3)cc21. The Morgan fingerprint density at radius 1 is 1.21 bits per heavy atom. The second-order valence-corrected chi connectivity index (χ2v) is 8.98. The van der Waals surface area contributed by atoms with E-state index in [9.17, 15) is 13.2 Å². The number of nitrogens with one attached hydrogen (secondary N) is 1. The monoisotopic (exact) mass is 349 g/mol. The van der Waals surface area contributed by atoms with Crippen molar-refractivity contribution in [1.29, 1.82) is 0 Å². The number of amides is 1. The molecule has 130 valence electrons. The van der Waals surface area contributed by atoms with E-state index in [1.807, 2.05) is 6.07 Å². The first kappa shape index (κ1) is 16.1. The Balaban J connectivity index is 1.63. The molecule has 1 amide bonds. The van der Waals surface area contributed by atoms with E-state index >= 15 is 0 Å². The molecule has 2 atom stereocenters. The Morgan fingerprint density at radius 3 is 2.79 bits per heavy atom. The first-order chi connectivity index (χ1) is 11.5. The molecule has 0 bridgehead atoms. The molecule has 0 aliphatic carbocycles. The van der Waals surface area contributed by atoms with Gasteiger partial charge in [0.2, 0.25) is 15.9 Å². The van der Waals surface area contributed by atoms with Gasteiger partial charge in [-0.25, -0.2) is 8.42 Å². The summed E-state index contributed by atoms with van der Waals surface area (Å²) in [5, 5.41) is 3.36. The van der Waals surface area contributed by atoms with E-state index in [1.54, 1.807) is 21.3 Å². The molecular formula is C17H23N3O3S. The Kier molecular flexibility index (Phi) is 3.89. The first-order valence-electron chi connectivity index (χ1n) is 8.59. The van der Waals surface area contributed by atoms with Gasteiger partial charge in [0.05, 0.1) is 4.90 Å². The fourth-order valence-electron chi connectivity index (χ4n) is 4.22. The number of fused-ring (bicyclic) bond motifs is 2. The number of benzene rings is 1. The second-order valence-electron chi connectivity index (χ2n) is 7.04. The van der Waals surface area contributed by atoms with Crippen LogP contribution in [0.15, 0.2) is 23.1 Å². The molecule has 3 heterocycles. The molecule has 0 saturated carbocycles. The molecular weight excluding hydrogens is 326 g/mol. The van der Waals surface area contributed by atoms with Crippen molar-refractivity contribution in [2.75, 3.05) is 37.6 Å². The number of hydrogen-bond acceptors (Lipinski definition) is 4. The second kappa shape index (κ2) is 5.82. The van der Waals surface area contributed by atoms with Crippen LogP contribution >= 0.6 is 0 Å². The maximum atomic E-state index is 13.1. The molecule has 0 radical (unpaired) electrons. The topological polar surface area (TPSA) is 69.7 Å². The van der Waals surface area contributed by atoms with Gasteiger partial charge in [-0.1, -0.05) is 6.07 Å². The summed E-state index contributed by atoms with van der Waals surface area (Å²) < 4.78 is 27.7. The molecule has 4 rings (SSSR count). The number of carbonyl (C=O) groups is 1. The number of carbonyl (C=O) groups excluding carboxylic acids is 1. The zero-order valence-electron chi connectivity index (χ0n) is 13.9. The van der Waals surface area contributed by atoms with Crippen LogP contribution < -0.4 is 10.2 Å². The summed E-state index contributed by atoms with van der Waals surface area (Å²) in [6.45, 7) is 5.23. The van der Waals surface area contributed by atoms with Crippen molar-refractivity contribution in [3.8, 4) is 0 Å². The highest BCUT2D eigenvalue weighted by Gasteiger charge is 2.38. The Morgan fingerprint density at radius 2 is 2.00 bits per heavy atom. The summed E-state index contributed by atoms with van der Waals surface area (Å²) in [7, 11) is -3.50. The zero-order chi connectivity index (χ0) is 16.9. The average Bonchev–Trinajstić information content (AvgIpc) is 3.19. The third-order valence-electron chi connectivity index (χ3n) is 5.64. The van der Waals surface area contributed by atoms with E-state index in [4.69, 9.17) is 0 Å². The van der Waals surface area contributed by atoms with Gasteiger partial charge in [-0.15, -0.1) is 0 Å². The number of rotatable bonds is 2. The van der Waals surface area contributed by atoms with E-state index in [0.717, 1.165) is 37.2 Å². The van der Waals surface area contributed by atoms with E-state index in [2.05, 4.69) is 5.32 Å². The minimum absolute atomic E-state index is 0.0406.